The highest BCUT2D eigenvalue weighted by atomic mass is 19.4. The lowest BCUT2D eigenvalue weighted by Crippen LogP contribution is -2.13. The Morgan fingerprint density at radius 1 is 1.00 bits per heavy atom. The second-order valence-corrected chi connectivity index (χ2v) is 3.04. The van der Waals surface area contributed by atoms with E-state index in [2.05, 4.69) is 5.16 Å². The molecular weight excluding hydrogens is 252 g/mol. The van der Waals surface area contributed by atoms with E-state index in [4.69, 9.17) is 5.21 Å². The van der Waals surface area contributed by atoms with Crippen LogP contribution >= 0.6 is 0 Å². The third kappa shape index (κ3) is 3.11. The molecule has 0 bridgehead atoms. The molecule has 1 N–H and O–H groups in total. The van der Waals surface area contributed by atoms with Crippen molar-refractivity contribution >= 4 is 6.21 Å². The van der Waals surface area contributed by atoms with Crippen molar-refractivity contribution in [3.8, 4) is 0 Å². The molecule has 0 saturated carbocycles. The zero-order valence-electron chi connectivity index (χ0n) is 7.97. The molecule has 0 aliphatic carbocycles. The monoisotopic (exact) mass is 257 g/mol. The van der Waals surface area contributed by atoms with Crippen molar-refractivity contribution in [3.05, 3.63) is 34.9 Å². The first-order valence-electron chi connectivity index (χ1n) is 4.12. The van der Waals surface area contributed by atoms with E-state index < -0.39 is 29.0 Å². The second kappa shape index (κ2) is 4.27. The average molecular weight is 257 g/mol. The minimum atomic E-state index is -4.96. The van der Waals surface area contributed by atoms with Crippen LogP contribution in [0.2, 0.25) is 0 Å². The molecule has 0 spiro atoms. The van der Waals surface area contributed by atoms with Gasteiger partial charge in [-0.25, -0.2) is 0 Å². The van der Waals surface area contributed by atoms with E-state index in [1.165, 1.54) is 0 Å². The van der Waals surface area contributed by atoms with Gasteiger partial charge in [0.2, 0.25) is 0 Å². The van der Waals surface area contributed by atoms with Crippen LogP contribution in [0.1, 0.15) is 16.7 Å². The van der Waals surface area contributed by atoms with Crippen LogP contribution in [0, 0.1) is 0 Å². The minimum Gasteiger partial charge on any atom is -0.411 e. The lowest BCUT2D eigenvalue weighted by atomic mass is 10.0. The molecule has 0 amide bonds. The third-order valence-corrected chi connectivity index (χ3v) is 1.88. The van der Waals surface area contributed by atoms with Gasteiger partial charge in [-0.15, -0.1) is 0 Å². The van der Waals surface area contributed by atoms with Crippen molar-refractivity contribution in [1.82, 2.24) is 0 Å². The predicted molar refractivity (Wildman–Crippen MR) is 45.8 cm³/mol. The van der Waals surface area contributed by atoms with Gasteiger partial charge in [-0.05, 0) is 12.1 Å². The molecule has 8 heteroatoms. The van der Waals surface area contributed by atoms with Gasteiger partial charge in [0.05, 0.1) is 17.3 Å². The maximum atomic E-state index is 12.4. The van der Waals surface area contributed by atoms with Crippen LogP contribution in [-0.4, -0.2) is 11.4 Å². The Kier molecular flexibility index (Phi) is 3.35. The van der Waals surface area contributed by atoms with E-state index >= 15 is 0 Å². The number of hydrogen-bond acceptors (Lipinski definition) is 2. The van der Waals surface area contributed by atoms with Gasteiger partial charge in [0.1, 0.15) is 0 Å². The smallest absolute Gasteiger partial charge is 0.411 e. The van der Waals surface area contributed by atoms with E-state index in [-0.39, 0.29) is 6.07 Å². The van der Waals surface area contributed by atoms with Crippen molar-refractivity contribution in [3.63, 3.8) is 0 Å². The quantitative estimate of drug-likeness (QED) is 0.355. The van der Waals surface area contributed by atoms with Gasteiger partial charge in [-0.1, -0.05) is 11.2 Å². The zero-order chi connectivity index (χ0) is 13.3. The van der Waals surface area contributed by atoms with E-state index in [0.29, 0.717) is 18.3 Å². The first kappa shape index (κ1) is 13.3. The summed E-state index contributed by atoms with van der Waals surface area (Å²) in [7, 11) is 0. The lowest BCUT2D eigenvalue weighted by molar-refractivity contribution is -0.143. The summed E-state index contributed by atoms with van der Waals surface area (Å²) in [5.74, 6) is 0. The fraction of sp³-hybridized carbons (Fsp3) is 0.222. The third-order valence-electron chi connectivity index (χ3n) is 1.88. The van der Waals surface area contributed by atoms with Crippen LogP contribution in [0.15, 0.2) is 23.4 Å². The van der Waals surface area contributed by atoms with Gasteiger partial charge in [-0.3, -0.25) is 0 Å². The molecule has 0 aliphatic rings. The van der Waals surface area contributed by atoms with Crippen LogP contribution in [0.4, 0.5) is 26.3 Å². The van der Waals surface area contributed by atoms with Crippen LogP contribution in [0.25, 0.3) is 0 Å². The van der Waals surface area contributed by atoms with Crippen LogP contribution in [0.5, 0.6) is 0 Å². The van der Waals surface area contributed by atoms with Crippen LogP contribution < -0.4 is 0 Å². The summed E-state index contributed by atoms with van der Waals surface area (Å²) in [6.45, 7) is 0. The number of rotatable bonds is 1. The average Bonchev–Trinajstić information content (AvgIpc) is 2.15. The molecule has 1 rings (SSSR count). The molecule has 1 aromatic carbocycles. The maximum Gasteiger partial charge on any atom is 0.417 e. The molecule has 0 unspecified atom stereocenters. The fourth-order valence-electron chi connectivity index (χ4n) is 1.15. The first-order chi connectivity index (χ1) is 7.66. The summed E-state index contributed by atoms with van der Waals surface area (Å²) in [5.41, 5.74) is -3.57. The summed E-state index contributed by atoms with van der Waals surface area (Å²) in [5, 5.41) is 10.5. The summed E-state index contributed by atoms with van der Waals surface area (Å²) in [6.07, 6.45) is -9.41. The summed E-state index contributed by atoms with van der Waals surface area (Å²) < 4.78 is 74.0. The highest BCUT2D eigenvalue weighted by molar-refractivity contribution is 5.81. The molecule has 0 aromatic heterocycles. The van der Waals surface area contributed by atoms with E-state index in [9.17, 15) is 26.3 Å². The van der Waals surface area contributed by atoms with Gasteiger partial charge in [0.15, 0.2) is 0 Å². The van der Waals surface area contributed by atoms with Crippen molar-refractivity contribution < 1.29 is 31.5 Å². The number of halogens is 6. The standard InChI is InChI=1S/C9H5F6NO/c10-8(11,12)6-2-1-5(4-16-17)7(3-6)9(13,14)15/h1-4,17H. The predicted octanol–water partition coefficient (Wildman–Crippen LogP) is 3.53. The molecule has 17 heavy (non-hydrogen) atoms. The SMILES string of the molecule is ON=Cc1ccc(C(F)(F)F)cc1C(F)(F)F. The van der Waals surface area contributed by atoms with Crippen molar-refractivity contribution in [1.29, 1.82) is 0 Å². The number of alkyl halides is 6. The Balaban J connectivity index is 3.40. The van der Waals surface area contributed by atoms with E-state index in [0.717, 1.165) is 0 Å². The van der Waals surface area contributed by atoms with Crippen LogP contribution in [0.3, 0.4) is 0 Å². The fourth-order valence-corrected chi connectivity index (χ4v) is 1.15. The van der Waals surface area contributed by atoms with E-state index in [1.54, 1.807) is 0 Å². The highest BCUT2D eigenvalue weighted by Gasteiger charge is 2.37. The molecule has 0 atom stereocenters. The van der Waals surface area contributed by atoms with Crippen molar-refractivity contribution in [2.75, 3.05) is 0 Å². The topological polar surface area (TPSA) is 32.6 Å². The Morgan fingerprint density at radius 3 is 2.00 bits per heavy atom. The lowest BCUT2D eigenvalue weighted by Gasteiger charge is -2.13. The highest BCUT2D eigenvalue weighted by Crippen LogP contribution is 2.36. The summed E-state index contributed by atoms with van der Waals surface area (Å²) in [4.78, 5) is 0. The number of nitrogens with zero attached hydrogens (tertiary/aromatic N) is 1. The normalized spacial score (nSPS) is 13.3. The summed E-state index contributed by atoms with van der Waals surface area (Å²) >= 11 is 0. The van der Waals surface area contributed by atoms with Gasteiger partial charge < -0.3 is 5.21 Å². The van der Waals surface area contributed by atoms with E-state index in [1.807, 2.05) is 0 Å². The van der Waals surface area contributed by atoms with Crippen molar-refractivity contribution in [2.45, 2.75) is 12.4 Å². The Labute approximate surface area is 91.2 Å². The van der Waals surface area contributed by atoms with Gasteiger partial charge in [0.25, 0.3) is 0 Å². The second-order valence-electron chi connectivity index (χ2n) is 3.04. The molecule has 0 radical (unpaired) electrons. The molecule has 0 fully saturated rings. The van der Waals surface area contributed by atoms with Gasteiger partial charge in [0, 0.05) is 5.56 Å². The first-order valence-corrected chi connectivity index (χ1v) is 4.12. The Morgan fingerprint density at radius 2 is 1.59 bits per heavy atom. The Hall–Kier alpha value is -1.73. The van der Waals surface area contributed by atoms with Crippen molar-refractivity contribution in [2.24, 2.45) is 5.16 Å². The van der Waals surface area contributed by atoms with Gasteiger partial charge >= 0.3 is 12.4 Å². The number of hydrogen-bond donors (Lipinski definition) is 1. The molecule has 0 aliphatic heterocycles. The minimum absolute atomic E-state index is 0.0307. The molecule has 2 nitrogen and oxygen atoms in total. The van der Waals surface area contributed by atoms with Gasteiger partial charge in [-0.2, -0.15) is 26.3 Å². The van der Waals surface area contributed by atoms with Crippen LogP contribution in [-0.2, 0) is 12.4 Å². The molecule has 0 saturated heterocycles. The largest absolute Gasteiger partial charge is 0.417 e. The number of benzene rings is 1. The Bertz CT molecular complexity index is 434. The molecule has 1 aromatic rings. The zero-order valence-corrected chi connectivity index (χ0v) is 7.97. The molecule has 0 heterocycles. The molecule has 94 valence electrons. The molecular formula is C9H5F6NO. The number of oxime groups is 1. The maximum absolute atomic E-state index is 12.4. The summed E-state index contributed by atoms with van der Waals surface area (Å²) in [6, 6.07) is 1.04.